The molecule has 1 aromatic heterocycles. The normalized spacial score (nSPS) is 29.2. The van der Waals surface area contributed by atoms with Crippen molar-refractivity contribution in [2.24, 2.45) is 0 Å². The largest absolute Gasteiger partial charge is 0.370 e. The van der Waals surface area contributed by atoms with Crippen LogP contribution in [0, 0.1) is 6.92 Å². The predicted octanol–water partition coefficient (Wildman–Crippen LogP) is 2.64. The van der Waals surface area contributed by atoms with E-state index in [1.807, 2.05) is 0 Å². The zero-order chi connectivity index (χ0) is 14.8. The molecule has 0 aromatic carbocycles. The maximum atomic E-state index is 4.45. The highest BCUT2D eigenvalue weighted by atomic mass is 15.2. The van der Waals surface area contributed by atoms with E-state index in [9.17, 15) is 0 Å². The zero-order valence-electron chi connectivity index (χ0n) is 13.4. The summed E-state index contributed by atoms with van der Waals surface area (Å²) in [5.41, 5.74) is 1.13. The third-order valence-corrected chi connectivity index (χ3v) is 5.11. The minimum Gasteiger partial charge on any atom is -0.370 e. The lowest BCUT2D eigenvalue weighted by molar-refractivity contribution is 0.0608. The molecule has 21 heavy (non-hydrogen) atoms. The molecule has 1 aromatic rings. The van der Waals surface area contributed by atoms with Crippen LogP contribution in [0.1, 0.15) is 44.6 Å². The van der Waals surface area contributed by atoms with Crippen molar-refractivity contribution < 1.29 is 0 Å². The number of nitrogens with zero attached hydrogens (tertiary/aromatic N) is 3. The lowest BCUT2D eigenvalue weighted by Gasteiger charge is -2.47. The van der Waals surface area contributed by atoms with Gasteiger partial charge in [0.1, 0.15) is 18.0 Å². The molecule has 2 atom stereocenters. The maximum Gasteiger partial charge on any atom is 0.134 e. The van der Waals surface area contributed by atoms with Crippen molar-refractivity contribution in [3.8, 4) is 0 Å². The van der Waals surface area contributed by atoms with Crippen molar-refractivity contribution in [1.82, 2.24) is 14.9 Å². The number of piperidine rings is 2. The Morgan fingerprint density at radius 2 is 1.86 bits per heavy atom. The molecule has 2 N–H and O–H groups in total. The van der Waals surface area contributed by atoms with E-state index in [0.717, 1.165) is 35.8 Å². The van der Waals surface area contributed by atoms with Crippen molar-refractivity contribution >= 4 is 11.6 Å². The Bertz CT molecular complexity index is 476. The van der Waals surface area contributed by atoms with Crippen LogP contribution in [0.15, 0.2) is 6.33 Å². The number of anilines is 2. The molecule has 0 amide bonds. The highest BCUT2D eigenvalue weighted by Gasteiger charge is 2.36. The maximum absolute atomic E-state index is 4.45. The Morgan fingerprint density at radius 3 is 2.52 bits per heavy atom. The van der Waals surface area contributed by atoms with Crippen LogP contribution in [0.2, 0.25) is 0 Å². The minimum atomic E-state index is 0.541. The molecule has 2 unspecified atom stereocenters. The number of aromatic nitrogens is 2. The van der Waals surface area contributed by atoms with E-state index in [1.54, 1.807) is 6.33 Å². The average molecular weight is 289 g/mol. The molecule has 2 fully saturated rings. The summed E-state index contributed by atoms with van der Waals surface area (Å²) in [4.78, 5) is 11.4. The van der Waals surface area contributed by atoms with E-state index < -0.39 is 0 Å². The van der Waals surface area contributed by atoms with Gasteiger partial charge in [-0.25, -0.2) is 9.97 Å². The number of nitrogens with one attached hydrogen (secondary N) is 2. The monoisotopic (exact) mass is 289 g/mol. The summed E-state index contributed by atoms with van der Waals surface area (Å²) in [6.07, 6.45) is 8.19. The zero-order valence-corrected chi connectivity index (χ0v) is 13.4. The molecule has 2 aliphatic heterocycles. The van der Waals surface area contributed by atoms with Gasteiger partial charge in [-0.2, -0.15) is 0 Å². The van der Waals surface area contributed by atoms with Crippen LogP contribution in [-0.4, -0.2) is 46.6 Å². The molecule has 0 aliphatic carbocycles. The molecule has 3 rings (SSSR count). The minimum absolute atomic E-state index is 0.541. The van der Waals surface area contributed by atoms with Crippen molar-refractivity contribution in [2.45, 2.75) is 64.1 Å². The summed E-state index contributed by atoms with van der Waals surface area (Å²) in [5, 5.41) is 6.98. The second kappa shape index (κ2) is 6.18. The van der Waals surface area contributed by atoms with Gasteiger partial charge in [-0.15, -0.1) is 0 Å². The van der Waals surface area contributed by atoms with Crippen LogP contribution >= 0.6 is 0 Å². The molecule has 2 aliphatic rings. The van der Waals surface area contributed by atoms with Crippen LogP contribution < -0.4 is 10.6 Å². The van der Waals surface area contributed by atoms with Crippen LogP contribution in [-0.2, 0) is 0 Å². The van der Waals surface area contributed by atoms with Gasteiger partial charge in [0, 0.05) is 30.2 Å². The van der Waals surface area contributed by atoms with Crippen molar-refractivity contribution in [3.05, 3.63) is 11.9 Å². The topological polar surface area (TPSA) is 53.1 Å². The molecular weight excluding hydrogens is 262 g/mol. The fourth-order valence-corrected chi connectivity index (χ4v) is 3.87. The van der Waals surface area contributed by atoms with Gasteiger partial charge in [-0.1, -0.05) is 6.42 Å². The first-order valence-corrected chi connectivity index (χ1v) is 8.23. The average Bonchev–Trinajstić information content (AvgIpc) is 2.44. The van der Waals surface area contributed by atoms with Gasteiger partial charge in [0.25, 0.3) is 0 Å². The second-order valence-corrected chi connectivity index (χ2v) is 6.44. The van der Waals surface area contributed by atoms with Crippen molar-refractivity contribution in [2.75, 3.05) is 24.2 Å². The molecule has 0 saturated carbocycles. The first-order valence-electron chi connectivity index (χ1n) is 8.23. The van der Waals surface area contributed by atoms with Crippen LogP contribution in [0.4, 0.5) is 11.6 Å². The van der Waals surface area contributed by atoms with Gasteiger partial charge < -0.3 is 15.5 Å². The summed E-state index contributed by atoms with van der Waals surface area (Å²) in [6.45, 7) is 5.07. The summed E-state index contributed by atoms with van der Waals surface area (Å²) in [6, 6.07) is 2.02. The van der Waals surface area contributed by atoms with E-state index in [1.165, 1.54) is 32.1 Å². The van der Waals surface area contributed by atoms with E-state index in [2.05, 4.69) is 46.4 Å². The Morgan fingerprint density at radius 1 is 1.19 bits per heavy atom. The summed E-state index contributed by atoms with van der Waals surface area (Å²) >= 11 is 0. The lowest BCUT2D eigenvalue weighted by Crippen LogP contribution is -2.52. The van der Waals surface area contributed by atoms with Crippen LogP contribution in [0.3, 0.4) is 0 Å². The molecule has 3 heterocycles. The third kappa shape index (κ3) is 2.98. The molecule has 116 valence electrons. The van der Waals surface area contributed by atoms with Crippen LogP contribution in [0.5, 0.6) is 0 Å². The fraction of sp³-hybridized carbons (Fsp3) is 0.750. The smallest absolute Gasteiger partial charge is 0.134 e. The summed E-state index contributed by atoms with van der Waals surface area (Å²) in [5.74, 6) is 1.94. The second-order valence-electron chi connectivity index (χ2n) is 6.44. The molecule has 2 saturated heterocycles. The van der Waals surface area contributed by atoms with Gasteiger partial charge in [0.05, 0.1) is 0 Å². The standard InChI is InChI=1S/C16H27N5/c1-4-17-15-11(2)16(19-10-18-15)20-12-8-13-6-5-7-14(9-12)21(13)3/h10,12-14H,4-9H2,1-3H3,(H2,17,18,19,20). The number of hydrogen-bond acceptors (Lipinski definition) is 5. The van der Waals surface area contributed by atoms with Gasteiger partial charge in [-0.3, -0.25) is 0 Å². The van der Waals surface area contributed by atoms with Gasteiger partial charge in [0.2, 0.25) is 0 Å². The number of rotatable bonds is 4. The van der Waals surface area contributed by atoms with Gasteiger partial charge in [-0.05, 0) is 46.6 Å². The quantitative estimate of drug-likeness (QED) is 0.892. The van der Waals surface area contributed by atoms with Crippen LogP contribution in [0.25, 0.3) is 0 Å². The van der Waals surface area contributed by atoms with E-state index in [4.69, 9.17) is 0 Å². The number of fused-ring (bicyclic) bond motifs is 2. The predicted molar refractivity (Wildman–Crippen MR) is 86.8 cm³/mol. The first-order chi connectivity index (χ1) is 10.2. The highest BCUT2D eigenvalue weighted by molar-refractivity contribution is 5.56. The Balaban J connectivity index is 1.71. The van der Waals surface area contributed by atoms with Gasteiger partial charge >= 0.3 is 0 Å². The molecule has 0 spiro atoms. The molecule has 5 nitrogen and oxygen atoms in total. The first kappa shape index (κ1) is 14.6. The summed E-state index contributed by atoms with van der Waals surface area (Å²) < 4.78 is 0. The number of hydrogen-bond donors (Lipinski definition) is 2. The van der Waals surface area contributed by atoms with E-state index in [0.29, 0.717) is 6.04 Å². The fourth-order valence-electron chi connectivity index (χ4n) is 3.87. The molecule has 0 radical (unpaired) electrons. The Labute approximate surface area is 127 Å². The SMILES string of the molecule is CCNc1ncnc(NC2CC3CCCC(C2)N3C)c1C. The van der Waals surface area contributed by atoms with E-state index >= 15 is 0 Å². The Hall–Kier alpha value is -1.36. The molecule has 2 bridgehead atoms. The van der Waals surface area contributed by atoms with Crippen molar-refractivity contribution in [1.29, 1.82) is 0 Å². The molecular formula is C16H27N5. The summed E-state index contributed by atoms with van der Waals surface area (Å²) in [7, 11) is 2.30. The Kier molecular flexibility index (Phi) is 4.29. The van der Waals surface area contributed by atoms with Crippen molar-refractivity contribution in [3.63, 3.8) is 0 Å². The molecule has 5 heteroatoms. The third-order valence-electron chi connectivity index (χ3n) is 5.11. The van der Waals surface area contributed by atoms with E-state index in [-0.39, 0.29) is 0 Å². The van der Waals surface area contributed by atoms with Gasteiger partial charge in [0.15, 0.2) is 0 Å². The lowest BCUT2D eigenvalue weighted by atomic mass is 9.82. The highest BCUT2D eigenvalue weighted by Crippen LogP contribution is 2.34.